The third-order valence-corrected chi connectivity index (χ3v) is 5.37. The van der Waals surface area contributed by atoms with Crippen LogP contribution in [0.4, 0.5) is 0 Å². The summed E-state index contributed by atoms with van der Waals surface area (Å²) in [5, 5.41) is 20.9. The Balaban J connectivity index is 1.79. The molecule has 0 spiro atoms. The molecule has 0 radical (unpaired) electrons. The van der Waals surface area contributed by atoms with Gasteiger partial charge >= 0.3 is 0 Å². The molecule has 0 saturated carbocycles. The van der Waals surface area contributed by atoms with Gasteiger partial charge in [0.25, 0.3) is 0 Å². The van der Waals surface area contributed by atoms with Crippen molar-refractivity contribution in [3.8, 4) is 11.4 Å². The second kappa shape index (κ2) is 8.23. The third kappa shape index (κ3) is 4.18. The monoisotopic (exact) mass is 393 g/mol. The fraction of sp³-hybridized carbons (Fsp3) is 0.222. The minimum Gasteiger partial charge on any atom is -0.387 e. The van der Waals surface area contributed by atoms with E-state index in [-0.39, 0.29) is 0 Å². The van der Waals surface area contributed by atoms with Crippen LogP contribution in [0.1, 0.15) is 18.6 Å². The first-order valence-corrected chi connectivity index (χ1v) is 9.58. The predicted molar refractivity (Wildman–Crippen MR) is 103 cm³/mol. The highest BCUT2D eigenvalue weighted by Gasteiger charge is 2.17. The first-order valence-electron chi connectivity index (χ1n) is 7.84. The van der Waals surface area contributed by atoms with Crippen molar-refractivity contribution in [2.75, 3.05) is 5.75 Å². The Morgan fingerprint density at radius 2 is 1.92 bits per heavy atom. The number of nitrogens with zero attached hydrogens (tertiary/aromatic N) is 3. The second-order valence-corrected chi connectivity index (χ2v) is 7.24. The van der Waals surface area contributed by atoms with Crippen molar-refractivity contribution in [2.24, 2.45) is 0 Å². The summed E-state index contributed by atoms with van der Waals surface area (Å²) < 4.78 is 2.01. The lowest BCUT2D eigenvalue weighted by Gasteiger charge is -2.12. The molecule has 7 heteroatoms. The molecular formula is C18H17Cl2N3OS. The molecular weight excluding hydrogens is 377 g/mol. The SMILES string of the molecule is CCn1c(SCC(O)c2ccccc2Cl)nnc1-c1cccc(Cl)c1. The zero-order chi connectivity index (χ0) is 17.8. The van der Waals surface area contributed by atoms with E-state index in [9.17, 15) is 5.11 Å². The Morgan fingerprint density at radius 1 is 1.12 bits per heavy atom. The molecule has 25 heavy (non-hydrogen) atoms. The van der Waals surface area contributed by atoms with Gasteiger partial charge in [-0.05, 0) is 30.7 Å². The number of aliphatic hydroxyl groups is 1. The van der Waals surface area contributed by atoms with Gasteiger partial charge in [0.05, 0.1) is 6.10 Å². The summed E-state index contributed by atoms with van der Waals surface area (Å²) >= 11 is 13.7. The zero-order valence-electron chi connectivity index (χ0n) is 13.6. The lowest BCUT2D eigenvalue weighted by atomic mass is 10.1. The average molecular weight is 394 g/mol. The van der Waals surface area contributed by atoms with E-state index in [0.29, 0.717) is 21.4 Å². The van der Waals surface area contributed by atoms with E-state index in [2.05, 4.69) is 10.2 Å². The maximum atomic E-state index is 10.4. The van der Waals surface area contributed by atoms with Crippen LogP contribution in [0.25, 0.3) is 11.4 Å². The van der Waals surface area contributed by atoms with Crippen molar-refractivity contribution in [3.63, 3.8) is 0 Å². The molecule has 0 fully saturated rings. The Morgan fingerprint density at radius 3 is 2.64 bits per heavy atom. The number of hydrogen-bond acceptors (Lipinski definition) is 4. The summed E-state index contributed by atoms with van der Waals surface area (Å²) in [6.07, 6.45) is -0.671. The van der Waals surface area contributed by atoms with Gasteiger partial charge in [0.2, 0.25) is 0 Å². The van der Waals surface area contributed by atoms with Crippen molar-refractivity contribution in [1.29, 1.82) is 0 Å². The standard InChI is InChI=1S/C18H17Cl2N3OS/c1-2-23-17(12-6-5-7-13(19)10-12)21-22-18(23)25-11-16(24)14-8-3-4-9-15(14)20/h3-10,16,24H,2,11H2,1H3. The van der Waals surface area contributed by atoms with Crippen LogP contribution >= 0.6 is 35.0 Å². The van der Waals surface area contributed by atoms with Gasteiger partial charge in [0.1, 0.15) is 0 Å². The Labute approximate surface area is 160 Å². The number of halogens is 2. The second-order valence-electron chi connectivity index (χ2n) is 5.41. The molecule has 0 aliphatic carbocycles. The van der Waals surface area contributed by atoms with Crippen LogP contribution in [0.15, 0.2) is 53.7 Å². The molecule has 3 aromatic rings. The molecule has 0 amide bonds. The fourth-order valence-electron chi connectivity index (χ4n) is 2.51. The maximum Gasteiger partial charge on any atom is 0.191 e. The van der Waals surface area contributed by atoms with E-state index < -0.39 is 6.10 Å². The van der Waals surface area contributed by atoms with Crippen LogP contribution in [0.2, 0.25) is 10.0 Å². The molecule has 4 nitrogen and oxygen atoms in total. The van der Waals surface area contributed by atoms with E-state index in [1.807, 2.05) is 54.0 Å². The number of aromatic nitrogens is 3. The zero-order valence-corrected chi connectivity index (χ0v) is 15.9. The first-order chi connectivity index (χ1) is 12.1. The molecule has 0 aliphatic heterocycles. The van der Waals surface area contributed by atoms with Crippen LogP contribution in [-0.4, -0.2) is 25.6 Å². The van der Waals surface area contributed by atoms with Crippen molar-refractivity contribution in [2.45, 2.75) is 24.7 Å². The highest BCUT2D eigenvalue weighted by Crippen LogP contribution is 2.30. The van der Waals surface area contributed by atoms with Crippen molar-refractivity contribution in [1.82, 2.24) is 14.8 Å². The van der Waals surface area contributed by atoms with E-state index in [1.165, 1.54) is 11.8 Å². The number of thioether (sulfide) groups is 1. The lowest BCUT2D eigenvalue weighted by molar-refractivity contribution is 0.204. The molecule has 3 rings (SSSR count). The van der Waals surface area contributed by atoms with Crippen LogP contribution < -0.4 is 0 Å². The van der Waals surface area contributed by atoms with E-state index in [0.717, 1.165) is 23.1 Å². The Kier molecular flexibility index (Phi) is 6.02. The van der Waals surface area contributed by atoms with Gasteiger partial charge < -0.3 is 9.67 Å². The predicted octanol–water partition coefficient (Wildman–Crippen LogP) is 5.10. The fourth-order valence-corrected chi connectivity index (χ4v) is 3.92. The summed E-state index contributed by atoms with van der Waals surface area (Å²) in [5.41, 5.74) is 1.63. The molecule has 1 aromatic heterocycles. The number of hydrogen-bond donors (Lipinski definition) is 1. The van der Waals surface area contributed by atoms with Gasteiger partial charge in [-0.15, -0.1) is 10.2 Å². The van der Waals surface area contributed by atoms with E-state index in [4.69, 9.17) is 23.2 Å². The minimum absolute atomic E-state index is 0.442. The Hall–Kier alpha value is -1.53. The molecule has 0 saturated heterocycles. The normalized spacial score (nSPS) is 12.3. The van der Waals surface area contributed by atoms with Gasteiger partial charge in [-0.1, -0.05) is 65.3 Å². The number of aliphatic hydroxyl groups excluding tert-OH is 1. The van der Waals surface area contributed by atoms with Gasteiger partial charge in [-0.25, -0.2) is 0 Å². The molecule has 1 unspecified atom stereocenters. The van der Waals surface area contributed by atoms with Crippen molar-refractivity contribution in [3.05, 3.63) is 64.1 Å². The van der Waals surface area contributed by atoms with E-state index in [1.54, 1.807) is 6.07 Å². The van der Waals surface area contributed by atoms with Gasteiger partial charge in [0.15, 0.2) is 11.0 Å². The number of benzene rings is 2. The topological polar surface area (TPSA) is 50.9 Å². The summed E-state index contributed by atoms with van der Waals surface area (Å²) in [5.74, 6) is 1.21. The molecule has 130 valence electrons. The van der Waals surface area contributed by atoms with Crippen LogP contribution in [0.5, 0.6) is 0 Å². The molecule has 2 aromatic carbocycles. The van der Waals surface area contributed by atoms with Crippen molar-refractivity contribution < 1.29 is 5.11 Å². The highest BCUT2D eigenvalue weighted by atomic mass is 35.5. The molecule has 0 aliphatic rings. The highest BCUT2D eigenvalue weighted by molar-refractivity contribution is 7.99. The lowest BCUT2D eigenvalue weighted by Crippen LogP contribution is -2.04. The van der Waals surface area contributed by atoms with Gasteiger partial charge in [0, 0.05) is 27.9 Å². The van der Waals surface area contributed by atoms with Gasteiger partial charge in [-0.2, -0.15) is 0 Å². The van der Waals surface area contributed by atoms with Crippen molar-refractivity contribution >= 4 is 35.0 Å². The summed E-state index contributed by atoms with van der Waals surface area (Å²) in [6.45, 7) is 2.76. The van der Waals surface area contributed by atoms with Crippen LogP contribution in [-0.2, 0) is 6.54 Å². The maximum absolute atomic E-state index is 10.4. The third-order valence-electron chi connectivity index (χ3n) is 3.75. The minimum atomic E-state index is -0.671. The Bertz CT molecular complexity index is 869. The summed E-state index contributed by atoms with van der Waals surface area (Å²) in [6, 6.07) is 14.8. The molecule has 1 heterocycles. The first kappa shape index (κ1) is 18.3. The quantitative estimate of drug-likeness (QED) is 0.591. The van der Waals surface area contributed by atoms with Crippen LogP contribution in [0, 0.1) is 0 Å². The molecule has 0 bridgehead atoms. The molecule has 1 N–H and O–H groups in total. The van der Waals surface area contributed by atoms with E-state index >= 15 is 0 Å². The van der Waals surface area contributed by atoms with Gasteiger partial charge in [-0.3, -0.25) is 0 Å². The summed E-state index contributed by atoms with van der Waals surface area (Å²) in [4.78, 5) is 0. The van der Waals surface area contributed by atoms with Crippen LogP contribution in [0.3, 0.4) is 0 Å². The smallest absolute Gasteiger partial charge is 0.191 e. The average Bonchev–Trinajstić information content (AvgIpc) is 3.03. The largest absolute Gasteiger partial charge is 0.387 e. The summed E-state index contributed by atoms with van der Waals surface area (Å²) in [7, 11) is 0. The number of rotatable bonds is 6. The molecule has 1 atom stereocenters.